The molecule has 0 radical (unpaired) electrons. The summed E-state index contributed by atoms with van der Waals surface area (Å²) >= 11 is 0. The fourth-order valence-electron chi connectivity index (χ4n) is 1.84. The molecule has 0 saturated heterocycles. The molecule has 0 aliphatic carbocycles. The van der Waals surface area contributed by atoms with Crippen LogP contribution in [0.1, 0.15) is 33.1 Å². The van der Waals surface area contributed by atoms with E-state index in [0.29, 0.717) is 12.6 Å². The second-order valence-electron chi connectivity index (χ2n) is 4.23. The fraction of sp³-hybridized carbons (Fsp3) is 0.571. The Bertz CT molecular complexity index is 358. The molecular formula is C14H21F2NO. The Hall–Kier alpha value is -1.16. The Kier molecular flexibility index (Phi) is 6.65. The fourth-order valence-corrected chi connectivity index (χ4v) is 1.84. The number of nitrogens with one attached hydrogen (secondary N) is 1. The monoisotopic (exact) mass is 257 g/mol. The van der Waals surface area contributed by atoms with E-state index in [9.17, 15) is 8.78 Å². The van der Waals surface area contributed by atoms with E-state index >= 15 is 0 Å². The lowest BCUT2D eigenvalue weighted by Crippen LogP contribution is -2.28. The molecule has 1 N–H and O–H groups in total. The zero-order valence-corrected chi connectivity index (χ0v) is 11.0. The molecule has 4 heteroatoms. The van der Waals surface area contributed by atoms with Crippen molar-refractivity contribution in [1.29, 1.82) is 0 Å². The molecule has 0 fully saturated rings. The van der Waals surface area contributed by atoms with Crippen LogP contribution in [-0.4, -0.2) is 19.2 Å². The highest BCUT2D eigenvalue weighted by molar-refractivity contribution is 5.24. The molecule has 1 rings (SSSR count). The normalized spacial score (nSPS) is 12.4. The van der Waals surface area contributed by atoms with Crippen molar-refractivity contribution in [1.82, 2.24) is 5.32 Å². The maximum absolute atomic E-state index is 13.2. The lowest BCUT2D eigenvalue weighted by Gasteiger charge is -2.15. The number of benzene rings is 1. The lowest BCUT2D eigenvalue weighted by atomic mass is 10.1. The molecule has 0 aromatic heterocycles. The molecule has 1 unspecified atom stereocenters. The van der Waals surface area contributed by atoms with Gasteiger partial charge in [0.05, 0.1) is 6.61 Å². The van der Waals surface area contributed by atoms with Crippen LogP contribution in [0.15, 0.2) is 18.2 Å². The highest BCUT2D eigenvalue weighted by Gasteiger charge is 2.06. The Balaban J connectivity index is 2.31. The summed E-state index contributed by atoms with van der Waals surface area (Å²) in [5.41, 5.74) is 0. The third-order valence-corrected chi connectivity index (χ3v) is 2.83. The average molecular weight is 257 g/mol. The maximum atomic E-state index is 13.2. The molecule has 1 atom stereocenters. The highest BCUT2D eigenvalue weighted by atomic mass is 19.1. The summed E-state index contributed by atoms with van der Waals surface area (Å²) in [6.45, 7) is 5.54. The minimum atomic E-state index is -0.518. The Morgan fingerprint density at radius 1 is 1.28 bits per heavy atom. The van der Waals surface area contributed by atoms with Crippen molar-refractivity contribution >= 4 is 0 Å². The zero-order chi connectivity index (χ0) is 13.4. The quantitative estimate of drug-likeness (QED) is 0.719. The van der Waals surface area contributed by atoms with Crippen molar-refractivity contribution in [2.45, 2.75) is 39.2 Å². The lowest BCUT2D eigenvalue weighted by molar-refractivity contribution is 0.280. The van der Waals surface area contributed by atoms with Gasteiger partial charge in [-0.2, -0.15) is 0 Å². The number of hydrogen-bond acceptors (Lipinski definition) is 2. The molecule has 0 spiro atoms. The van der Waals surface area contributed by atoms with Gasteiger partial charge in [-0.3, -0.25) is 0 Å². The van der Waals surface area contributed by atoms with Crippen molar-refractivity contribution in [3.8, 4) is 5.75 Å². The van der Waals surface area contributed by atoms with Gasteiger partial charge in [0, 0.05) is 12.1 Å². The topological polar surface area (TPSA) is 21.3 Å². The summed E-state index contributed by atoms with van der Waals surface area (Å²) in [4.78, 5) is 0. The van der Waals surface area contributed by atoms with Crippen LogP contribution in [0.4, 0.5) is 8.78 Å². The van der Waals surface area contributed by atoms with Crippen molar-refractivity contribution in [3.63, 3.8) is 0 Å². The van der Waals surface area contributed by atoms with Gasteiger partial charge in [0.2, 0.25) is 0 Å². The molecule has 1 aromatic carbocycles. The molecule has 0 amide bonds. The van der Waals surface area contributed by atoms with Crippen LogP contribution in [0.3, 0.4) is 0 Å². The number of halogens is 2. The molecule has 0 saturated carbocycles. The van der Waals surface area contributed by atoms with E-state index < -0.39 is 11.6 Å². The van der Waals surface area contributed by atoms with E-state index in [-0.39, 0.29) is 5.75 Å². The summed E-state index contributed by atoms with van der Waals surface area (Å²) in [6, 6.07) is 3.71. The Morgan fingerprint density at radius 2 is 2.06 bits per heavy atom. The van der Waals surface area contributed by atoms with Crippen LogP contribution in [0.25, 0.3) is 0 Å². The van der Waals surface area contributed by atoms with Crippen LogP contribution >= 0.6 is 0 Å². The van der Waals surface area contributed by atoms with Gasteiger partial charge in [-0.1, -0.05) is 13.8 Å². The van der Waals surface area contributed by atoms with Crippen molar-refractivity contribution < 1.29 is 13.5 Å². The minimum absolute atomic E-state index is 0.00787. The van der Waals surface area contributed by atoms with Gasteiger partial charge in [0.15, 0.2) is 11.6 Å². The summed E-state index contributed by atoms with van der Waals surface area (Å²) in [7, 11) is 0. The third-order valence-electron chi connectivity index (χ3n) is 2.83. The molecule has 2 nitrogen and oxygen atoms in total. The maximum Gasteiger partial charge on any atom is 0.165 e. The molecule has 102 valence electrons. The van der Waals surface area contributed by atoms with Gasteiger partial charge in [-0.25, -0.2) is 8.78 Å². The van der Waals surface area contributed by atoms with Gasteiger partial charge < -0.3 is 10.1 Å². The van der Waals surface area contributed by atoms with Crippen LogP contribution < -0.4 is 10.1 Å². The number of rotatable bonds is 8. The zero-order valence-electron chi connectivity index (χ0n) is 11.0. The molecular weight excluding hydrogens is 236 g/mol. The molecule has 0 bridgehead atoms. The van der Waals surface area contributed by atoms with Gasteiger partial charge in [0.25, 0.3) is 0 Å². The second kappa shape index (κ2) is 8.03. The number of hydrogen-bond donors (Lipinski definition) is 1. The van der Waals surface area contributed by atoms with Gasteiger partial charge >= 0.3 is 0 Å². The van der Waals surface area contributed by atoms with Crippen LogP contribution in [0, 0.1) is 11.6 Å². The van der Waals surface area contributed by atoms with Gasteiger partial charge in [-0.15, -0.1) is 0 Å². The van der Waals surface area contributed by atoms with E-state index in [2.05, 4.69) is 19.2 Å². The Morgan fingerprint density at radius 3 is 2.72 bits per heavy atom. The van der Waals surface area contributed by atoms with Crippen molar-refractivity contribution in [2.75, 3.05) is 13.2 Å². The largest absolute Gasteiger partial charge is 0.490 e. The van der Waals surface area contributed by atoms with E-state index in [1.807, 2.05) is 0 Å². The molecule has 18 heavy (non-hydrogen) atoms. The van der Waals surface area contributed by atoms with E-state index in [4.69, 9.17) is 4.74 Å². The first-order valence-electron chi connectivity index (χ1n) is 6.48. The van der Waals surface area contributed by atoms with Gasteiger partial charge in [0.1, 0.15) is 5.82 Å². The highest BCUT2D eigenvalue weighted by Crippen LogP contribution is 2.18. The van der Waals surface area contributed by atoms with Crippen LogP contribution in [0.5, 0.6) is 5.75 Å². The predicted octanol–water partition coefficient (Wildman–Crippen LogP) is 3.51. The third kappa shape index (κ3) is 5.00. The summed E-state index contributed by atoms with van der Waals surface area (Å²) in [5, 5.41) is 3.36. The molecule has 0 aliphatic rings. The van der Waals surface area contributed by atoms with Crippen molar-refractivity contribution in [2.24, 2.45) is 0 Å². The minimum Gasteiger partial charge on any atom is -0.490 e. The van der Waals surface area contributed by atoms with Crippen LogP contribution in [0.2, 0.25) is 0 Å². The number of ether oxygens (including phenoxy) is 1. The first kappa shape index (κ1) is 14.9. The Labute approximate surface area is 107 Å². The summed E-state index contributed by atoms with van der Waals surface area (Å²) < 4.78 is 31.4. The average Bonchev–Trinajstić information content (AvgIpc) is 2.37. The van der Waals surface area contributed by atoms with E-state index in [1.165, 1.54) is 0 Å². The smallest absolute Gasteiger partial charge is 0.165 e. The van der Waals surface area contributed by atoms with E-state index in [0.717, 1.165) is 44.0 Å². The molecule has 0 aliphatic heterocycles. The first-order valence-corrected chi connectivity index (χ1v) is 6.48. The first-order chi connectivity index (χ1) is 8.67. The second-order valence-corrected chi connectivity index (χ2v) is 4.23. The standard InChI is InChI=1S/C14H21F2NO/c1-3-12(17-4-2)6-5-9-18-14-10-11(15)7-8-13(14)16/h7-8,10,12,17H,3-6,9H2,1-2H3. The van der Waals surface area contributed by atoms with Crippen LogP contribution in [-0.2, 0) is 0 Å². The molecule has 1 aromatic rings. The predicted molar refractivity (Wildman–Crippen MR) is 68.8 cm³/mol. The van der Waals surface area contributed by atoms with E-state index in [1.54, 1.807) is 0 Å². The SMILES string of the molecule is CCNC(CC)CCCOc1cc(F)ccc1F. The van der Waals surface area contributed by atoms with Crippen molar-refractivity contribution in [3.05, 3.63) is 29.8 Å². The van der Waals surface area contributed by atoms with Gasteiger partial charge in [-0.05, 0) is 37.9 Å². The summed E-state index contributed by atoms with van der Waals surface area (Å²) in [5.74, 6) is -1.01. The molecule has 0 heterocycles. The summed E-state index contributed by atoms with van der Waals surface area (Å²) in [6.07, 6.45) is 2.85.